The molecular formula is C10H13IO. The van der Waals surface area contributed by atoms with Gasteiger partial charge in [0.1, 0.15) is 0 Å². The normalized spacial score (nSPS) is 11.7. The quantitative estimate of drug-likeness (QED) is 0.650. The van der Waals surface area contributed by atoms with E-state index in [1.165, 1.54) is 5.56 Å². The fraction of sp³-hybridized carbons (Fsp3) is 0.400. The van der Waals surface area contributed by atoms with E-state index in [1.54, 1.807) is 13.8 Å². The average Bonchev–Trinajstić information content (AvgIpc) is 2.03. The van der Waals surface area contributed by atoms with E-state index in [4.69, 9.17) is 0 Å². The zero-order chi connectivity index (χ0) is 9.19. The lowest BCUT2D eigenvalue weighted by atomic mass is 9.98. The van der Waals surface area contributed by atoms with Crippen molar-refractivity contribution < 1.29 is 5.11 Å². The first kappa shape index (κ1) is 9.99. The van der Waals surface area contributed by atoms with Crippen molar-refractivity contribution in [3.8, 4) is 0 Å². The summed E-state index contributed by atoms with van der Waals surface area (Å²) in [6.45, 7) is 3.60. The highest BCUT2D eigenvalue weighted by Crippen LogP contribution is 2.20. The van der Waals surface area contributed by atoms with Crippen LogP contribution in [0, 0.1) is 0 Å². The van der Waals surface area contributed by atoms with Crippen LogP contribution >= 0.6 is 22.6 Å². The smallest absolute Gasteiger partial charge is 0.0840 e. The third-order valence-corrected chi connectivity index (χ3v) is 2.70. The molecule has 0 radical (unpaired) electrons. The van der Waals surface area contributed by atoms with Gasteiger partial charge in [-0.2, -0.15) is 0 Å². The van der Waals surface area contributed by atoms with Crippen LogP contribution < -0.4 is 0 Å². The molecule has 12 heavy (non-hydrogen) atoms. The minimum Gasteiger partial charge on any atom is -0.386 e. The molecular weight excluding hydrogens is 263 g/mol. The molecule has 1 aromatic rings. The van der Waals surface area contributed by atoms with Crippen LogP contribution in [0.5, 0.6) is 0 Å². The fourth-order valence-electron chi connectivity index (χ4n) is 1.00. The molecule has 0 heterocycles. The lowest BCUT2D eigenvalue weighted by Gasteiger charge is -2.17. The minimum atomic E-state index is -0.718. The molecule has 0 aliphatic carbocycles. The Morgan fingerprint density at radius 2 is 1.75 bits per heavy atom. The fourth-order valence-corrected chi connectivity index (χ4v) is 1.51. The van der Waals surface area contributed by atoms with E-state index < -0.39 is 5.60 Å². The molecule has 66 valence electrons. The molecule has 0 aromatic heterocycles. The first-order valence-corrected chi connectivity index (χ1v) is 5.44. The molecule has 0 saturated carbocycles. The summed E-state index contributed by atoms with van der Waals surface area (Å²) in [5, 5.41) is 9.65. The Hall–Kier alpha value is -0.0900. The Morgan fingerprint density at radius 3 is 2.08 bits per heavy atom. The monoisotopic (exact) mass is 276 g/mol. The van der Waals surface area contributed by atoms with E-state index in [0.29, 0.717) is 0 Å². The predicted octanol–water partition coefficient (Wildman–Crippen LogP) is 2.85. The summed E-state index contributed by atoms with van der Waals surface area (Å²) in [6, 6.07) is 8.07. The second-order valence-corrected chi connectivity index (χ2v) is 4.15. The van der Waals surface area contributed by atoms with Crippen molar-refractivity contribution in [2.75, 3.05) is 0 Å². The molecule has 0 aliphatic rings. The topological polar surface area (TPSA) is 20.2 Å². The van der Waals surface area contributed by atoms with Gasteiger partial charge in [-0.25, -0.2) is 0 Å². The highest BCUT2D eigenvalue weighted by atomic mass is 127. The molecule has 1 rings (SSSR count). The van der Waals surface area contributed by atoms with E-state index in [-0.39, 0.29) is 0 Å². The van der Waals surface area contributed by atoms with Crippen molar-refractivity contribution in [2.24, 2.45) is 0 Å². The van der Waals surface area contributed by atoms with Crippen LogP contribution in [0.4, 0.5) is 0 Å². The maximum absolute atomic E-state index is 9.65. The molecule has 0 amide bonds. The molecule has 0 unspecified atom stereocenters. The van der Waals surface area contributed by atoms with Crippen LogP contribution in [0.1, 0.15) is 25.0 Å². The molecule has 0 aliphatic heterocycles. The van der Waals surface area contributed by atoms with Crippen LogP contribution in [-0.2, 0) is 10.0 Å². The standard InChI is InChI=1S/C10H13IO/c1-10(2,12)9-5-3-8(7-11)4-6-9/h3-6,12H,7H2,1-2H3. The van der Waals surface area contributed by atoms with Crippen LogP contribution in [0.3, 0.4) is 0 Å². The minimum absolute atomic E-state index is 0.718. The lowest BCUT2D eigenvalue weighted by molar-refractivity contribution is 0.0786. The van der Waals surface area contributed by atoms with Crippen molar-refractivity contribution >= 4 is 22.6 Å². The summed E-state index contributed by atoms with van der Waals surface area (Å²) in [4.78, 5) is 0. The molecule has 2 heteroatoms. The van der Waals surface area contributed by atoms with Crippen molar-refractivity contribution in [3.05, 3.63) is 35.4 Å². The molecule has 1 aromatic carbocycles. The van der Waals surface area contributed by atoms with E-state index in [0.717, 1.165) is 9.99 Å². The number of aliphatic hydroxyl groups is 1. The number of hydrogen-bond acceptors (Lipinski definition) is 1. The van der Waals surface area contributed by atoms with Crippen molar-refractivity contribution in [2.45, 2.75) is 23.9 Å². The number of rotatable bonds is 2. The first-order chi connectivity index (χ1) is 5.54. The van der Waals surface area contributed by atoms with E-state index in [2.05, 4.69) is 34.7 Å². The number of alkyl halides is 1. The van der Waals surface area contributed by atoms with Gasteiger partial charge in [-0.05, 0) is 25.0 Å². The van der Waals surface area contributed by atoms with Gasteiger partial charge in [0.05, 0.1) is 5.60 Å². The zero-order valence-corrected chi connectivity index (χ0v) is 9.50. The predicted molar refractivity (Wildman–Crippen MR) is 59.4 cm³/mol. The van der Waals surface area contributed by atoms with Crippen LogP contribution in [0.2, 0.25) is 0 Å². The van der Waals surface area contributed by atoms with Crippen LogP contribution in [0.25, 0.3) is 0 Å². The largest absolute Gasteiger partial charge is 0.386 e. The van der Waals surface area contributed by atoms with Gasteiger partial charge in [0.15, 0.2) is 0 Å². The second kappa shape index (κ2) is 3.75. The summed E-state index contributed by atoms with van der Waals surface area (Å²) in [5.41, 5.74) is 1.55. The Balaban J connectivity index is 2.93. The maximum Gasteiger partial charge on any atom is 0.0840 e. The summed E-state index contributed by atoms with van der Waals surface area (Å²) in [5.74, 6) is 0. The van der Waals surface area contributed by atoms with Gasteiger partial charge < -0.3 is 5.11 Å². The Bertz CT molecular complexity index is 246. The third kappa shape index (κ3) is 2.45. The van der Waals surface area contributed by atoms with Gasteiger partial charge in [-0.15, -0.1) is 0 Å². The Labute approximate surface area is 86.9 Å². The summed E-state index contributed by atoms with van der Waals surface area (Å²) in [6.07, 6.45) is 0. The molecule has 0 atom stereocenters. The van der Waals surface area contributed by atoms with Gasteiger partial charge in [0, 0.05) is 4.43 Å². The third-order valence-electron chi connectivity index (χ3n) is 1.81. The van der Waals surface area contributed by atoms with Crippen LogP contribution in [0.15, 0.2) is 24.3 Å². The van der Waals surface area contributed by atoms with Gasteiger partial charge in [-0.1, -0.05) is 46.9 Å². The summed E-state index contributed by atoms with van der Waals surface area (Å²) in [7, 11) is 0. The Kier molecular flexibility index (Phi) is 3.12. The highest BCUT2D eigenvalue weighted by molar-refractivity contribution is 14.1. The zero-order valence-electron chi connectivity index (χ0n) is 7.34. The molecule has 1 nitrogen and oxygen atoms in total. The molecule has 0 fully saturated rings. The van der Waals surface area contributed by atoms with Crippen LogP contribution in [-0.4, -0.2) is 5.11 Å². The number of halogens is 1. The number of hydrogen-bond donors (Lipinski definition) is 1. The number of benzene rings is 1. The Morgan fingerprint density at radius 1 is 1.25 bits per heavy atom. The van der Waals surface area contributed by atoms with E-state index >= 15 is 0 Å². The van der Waals surface area contributed by atoms with Crippen molar-refractivity contribution in [1.29, 1.82) is 0 Å². The second-order valence-electron chi connectivity index (χ2n) is 3.39. The van der Waals surface area contributed by atoms with E-state index in [1.807, 2.05) is 12.1 Å². The molecule has 1 N–H and O–H groups in total. The van der Waals surface area contributed by atoms with Crippen molar-refractivity contribution in [1.82, 2.24) is 0 Å². The summed E-state index contributed by atoms with van der Waals surface area (Å²) < 4.78 is 1.02. The first-order valence-electron chi connectivity index (χ1n) is 3.92. The summed E-state index contributed by atoms with van der Waals surface area (Å²) >= 11 is 2.32. The van der Waals surface area contributed by atoms with Gasteiger partial charge in [-0.3, -0.25) is 0 Å². The van der Waals surface area contributed by atoms with Gasteiger partial charge >= 0.3 is 0 Å². The van der Waals surface area contributed by atoms with Crippen molar-refractivity contribution in [3.63, 3.8) is 0 Å². The van der Waals surface area contributed by atoms with E-state index in [9.17, 15) is 5.11 Å². The average molecular weight is 276 g/mol. The van der Waals surface area contributed by atoms with Gasteiger partial charge in [0.25, 0.3) is 0 Å². The molecule has 0 saturated heterocycles. The SMILES string of the molecule is CC(C)(O)c1ccc(CI)cc1. The highest BCUT2D eigenvalue weighted by Gasteiger charge is 2.14. The maximum atomic E-state index is 9.65. The van der Waals surface area contributed by atoms with Gasteiger partial charge in [0.2, 0.25) is 0 Å². The molecule has 0 spiro atoms. The molecule has 0 bridgehead atoms. The lowest BCUT2D eigenvalue weighted by Crippen LogP contribution is -2.14.